The van der Waals surface area contributed by atoms with Crippen LogP contribution in [0.25, 0.3) is 0 Å². The number of likely N-dealkylation sites (tertiary alicyclic amines) is 1. The molecule has 0 spiro atoms. The molecule has 4 nitrogen and oxygen atoms in total. The average Bonchev–Trinajstić information content (AvgIpc) is 2.98. The quantitative estimate of drug-likeness (QED) is 0.908. The molecule has 0 aromatic carbocycles. The summed E-state index contributed by atoms with van der Waals surface area (Å²) in [7, 11) is 0. The molecule has 0 saturated carbocycles. The predicted molar refractivity (Wildman–Crippen MR) is 71.7 cm³/mol. The van der Waals surface area contributed by atoms with Gasteiger partial charge in [-0.05, 0) is 38.1 Å². The van der Waals surface area contributed by atoms with E-state index in [-0.39, 0.29) is 23.9 Å². The van der Waals surface area contributed by atoms with Crippen molar-refractivity contribution in [2.75, 3.05) is 6.54 Å². The van der Waals surface area contributed by atoms with Gasteiger partial charge in [0.1, 0.15) is 6.04 Å². The highest BCUT2D eigenvalue weighted by atomic mass is 32.1. The number of rotatable bonds is 3. The summed E-state index contributed by atoms with van der Waals surface area (Å²) in [6, 6.07) is 3.47. The third kappa shape index (κ3) is 2.72. The molecule has 0 radical (unpaired) electrons. The lowest BCUT2D eigenvalue weighted by atomic mass is 10.2. The Kier molecular flexibility index (Phi) is 4.01. The fourth-order valence-corrected chi connectivity index (χ4v) is 2.88. The maximum Gasteiger partial charge on any atom is 0.264 e. The molecule has 5 heteroatoms. The van der Waals surface area contributed by atoms with Gasteiger partial charge < -0.3 is 10.2 Å². The Bertz CT molecular complexity index is 428. The van der Waals surface area contributed by atoms with Crippen molar-refractivity contribution in [1.82, 2.24) is 10.2 Å². The number of amides is 2. The van der Waals surface area contributed by atoms with Crippen molar-refractivity contribution < 1.29 is 9.59 Å². The molecule has 1 aliphatic rings. The van der Waals surface area contributed by atoms with Crippen LogP contribution in [0.4, 0.5) is 0 Å². The van der Waals surface area contributed by atoms with Crippen molar-refractivity contribution in [3.05, 3.63) is 22.4 Å². The molecule has 0 unspecified atom stereocenters. The highest BCUT2D eigenvalue weighted by molar-refractivity contribution is 7.12. The van der Waals surface area contributed by atoms with E-state index in [4.69, 9.17) is 0 Å². The summed E-state index contributed by atoms with van der Waals surface area (Å²) in [6.45, 7) is 4.53. The molecule has 1 aromatic rings. The minimum atomic E-state index is -0.304. The van der Waals surface area contributed by atoms with E-state index in [1.54, 1.807) is 4.90 Å². The predicted octanol–water partition coefficient (Wildman–Crippen LogP) is 1.88. The van der Waals surface area contributed by atoms with Gasteiger partial charge in [0, 0.05) is 12.6 Å². The highest BCUT2D eigenvalue weighted by Gasteiger charge is 2.34. The van der Waals surface area contributed by atoms with Crippen LogP contribution in [-0.2, 0) is 4.79 Å². The minimum Gasteiger partial charge on any atom is -0.352 e. The first kappa shape index (κ1) is 13.1. The summed E-state index contributed by atoms with van der Waals surface area (Å²) >= 11 is 1.42. The van der Waals surface area contributed by atoms with Crippen molar-refractivity contribution in [3.63, 3.8) is 0 Å². The summed E-state index contributed by atoms with van der Waals surface area (Å²) in [5.74, 6) is -0.0567. The average molecular weight is 266 g/mol. The molecule has 1 atom stereocenters. The second kappa shape index (κ2) is 5.52. The van der Waals surface area contributed by atoms with Crippen molar-refractivity contribution in [2.45, 2.75) is 38.8 Å². The second-order valence-electron chi connectivity index (χ2n) is 4.80. The fraction of sp³-hybridized carbons (Fsp3) is 0.538. The Morgan fingerprint density at radius 3 is 2.89 bits per heavy atom. The van der Waals surface area contributed by atoms with E-state index in [0.717, 1.165) is 12.8 Å². The van der Waals surface area contributed by atoms with E-state index in [2.05, 4.69) is 5.32 Å². The van der Waals surface area contributed by atoms with Gasteiger partial charge in [-0.25, -0.2) is 0 Å². The van der Waals surface area contributed by atoms with Crippen LogP contribution in [-0.4, -0.2) is 35.3 Å². The molecule has 1 N–H and O–H groups in total. The van der Waals surface area contributed by atoms with Gasteiger partial charge in [-0.15, -0.1) is 11.3 Å². The van der Waals surface area contributed by atoms with Crippen LogP contribution in [0.3, 0.4) is 0 Å². The van der Waals surface area contributed by atoms with E-state index in [0.29, 0.717) is 11.4 Å². The number of hydrogen-bond donors (Lipinski definition) is 1. The lowest BCUT2D eigenvalue weighted by Gasteiger charge is -2.24. The van der Waals surface area contributed by atoms with Crippen molar-refractivity contribution in [3.8, 4) is 0 Å². The number of carbonyl (C=O) groups is 2. The first-order valence-corrected chi connectivity index (χ1v) is 7.12. The third-order valence-corrected chi connectivity index (χ3v) is 3.84. The Morgan fingerprint density at radius 1 is 1.50 bits per heavy atom. The van der Waals surface area contributed by atoms with Gasteiger partial charge in [-0.3, -0.25) is 9.59 Å². The highest BCUT2D eigenvalue weighted by Crippen LogP contribution is 2.22. The standard InChI is InChI=1S/C13H18N2O2S/c1-9(2)14-12(16)10-5-3-7-15(10)13(17)11-6-4-8-18-11/h4,6,8-10H,3,5,7H2,1-2H3,(H,14,16)/t10-/m0/s1. The molecule has 1 saturated heterocycles. The molecule has 0 aliphatic carbocycles. The molecule has 98 valence electrons. The van der Waals surface area contributed by atoms with Gasteiger partial charge in [0.2, 0.25) is 5.91 Å². The van der Waals surface area contributed by atoms with Crippen molar-refractivity contribution in [2.24, 2.45) is 0 Å². The van der Waals surface area contributed by atoms with Crippen LogP contribution < -0.4 is 5.32 Å². The fourth-order valence-electron chi connectivity index (χ4n) is 2.20. The molecular formula is C13H18N2O2S. The summed E-state index contributed by atoms with van der Waals surface area (Å²) in [5, 5.41) is 4.77. The lowest BCUT2D eigenvalue weighted by molar-refractivity contribution is -0.125. The van der Waals surface area contributed by atoms with E-state index in [9.17, 15) is 9.59 Å². The van der Waals surface area contributed by atoms with Gasteiger partial charge in [0.05, 0.1) is 4.88 Å². The Labute approximate surface area is 111 Å². The molecule has 18 heavy (non-hydrogen) atoms. The van der Waals surface area contributed by atoms with E-state index >= 15 is 0 Å². The van der Waals surface area contributed by atoms with Crippen LogP contribution >= 0.6 is 11.3 Å². The van der Waals surface area contributed by atoms with Gasteiger partial charge >= 0.3 is 0 Å². The number of thiophene rings is 1. The monoisotopic (exact) mass is 266 g/mol. The number of hydrogen-bond acceptors (Lipinski definition) is 3. The van der Waals surface area contributed by atoms with E-state index in [1.807, 2.05) is 31.4 Å². The smallest absolute Gasteiger partial charge is 0.264 e. The number of carbonyl (C=O) groups excluding carboxylic acids is 2. The Morgan fingerprint density at radius 2 is 2.28 bits per heavy atom. The second-order valence-corrected chi connectivity index (χ2v) is 5.74. The number of nitrogens with zero attached hydrogens (tertiary/aromatic N) is 1. The van der Waals surface area contributed by atoms with Gasteiger partial charge in [0.15, 0.2) is 0 Å². The summed E-state index contributed by atoms with van der Waals surface area (Å²) in [4.78, 5) is 26.7. The van der Waals surface area contributed by atoms with Gasteiger partial charge in [-0.2, -0.15) is 0 Å². The molecule has 0 bridgehead atoms. The zero-order chi connectivity index (χ0) is 13.1. The van der Waals surface area contributed by atoms with Crippen molar-refractivity contribution in [1.29, 1.82) is 0 Å². The topological polar surface area (TPSA) is 49.4 Å². The molecule has 2 amide bonds. The molecule has 2 rings (SSSR count). The Balaban J connectivity index is 2.08. The van der Waals surface area contributed by atoms with Crippen LogP contribution in [0.15, 0.2) is 17.5 Å². The van der Waals surface area contributed by atoms with Crippen molar-refractivity contribution >= 4 is 23.2 Å². The molecule has 1 aliphatic heterocycles. The summed E-state index contributed by atoms with van der Waals surface area (Å²) in [5.41, 5.74) is 0. The van der Waals surface area contributed by atoms with Crippen LogP contribution in [0.2, 0.25) is 0 Å². The first-order chi connectivity index (χ1) is 8.59. The van der Waals surface area contributed by atoms with E-state index < -0.39 is 0 Å². The molecule has 1 fully saturated rings. The van der Waals surface area contributed by atoms with Crippen LogP contribution in [0, 0.1) is 0 Å². The van der Waals surface area contributed by atoms with Crippen LogP contribution in [0.5, 0.6) is 0 Å². The zero-order valence-electron chi connectivity index (χ0n) is 10.7. The van der Waals surface area contributed by atoms with Crippen LogP contribution in [0.1, 0.15) is 36.4 Å². The third-order valence-electron chi connectivity index (χ3n) is 2.98. The van der Waals surface area contributed by atoms with Gasteiger partial charge in [-0.1, -0.05) is 6.07 Å². The summed E-state index contributed by atoms with van der Waals surface area (Å²) < 4.78 is 0. The molecule has 2 heterocycles. The maximum absolute atomic E-state index is 12.3. The lowest BCUT2D eigenvalue weighted by Crippen LogP contribution is -2.47. The first-order valence-electron chi connectivity index (χ1n) is 6.24. The molecule has 1 aromatic heterocycles. The van der Waals surface area contributed by atoms with E-state index in [1.165, 1.54) is 11.3 Å². The minimum absolute atomic E-state index is 0.0218. The molecular weight excluding hydrogens is 248 g/mol. The van der Waals surface area contributed by atoms with Gasteiger partial charge in [0.25, 0.3) is 5.91 Å². The Hall–Kier alpha value is -1.36. The maximum atomic E-state index is 12.3. The zero-order valence-corrected chi connectivity index (χ0v) is 11.5. The largest absolute Gasteiger partial charge is 0.352 e. The summed E-state index contributed by atoms with van der Waals surface area (Å²) in [6.07, 6.45) is 1.66. The number of nitrogens with one attached hydrogen (secondary N) is 1. The SMILES string of the molecule is CC(C)NC(=O)[C@@H]1CCCN1C(=O)c1cccs1. The normalized spacial score (nSPS) is 19.3.